The molecule has 3 heterocycles. The van der Waals surface area contributed by atoms with Gasteiger partial charge in [0.1, 0.15) is 5.65 Å². The summed E-state index contributed by atoms with van der Waals surface area (Å²) in [6.07, 6.45) is 0. The summed E-state index contributed by atoms with van der Waals surface area (Å²) in [5, 5.41) is 7.12. The molecule has 0 spiro atoms. The molecule has 3 nitrogen and oxygen atoms in total. The third kappa shape index (κ3) is 2.61. The number of pyridine rings is 2. The van der Waals surface area contributed by atoms with Crippen LogP contribution in [0.2, 0.25) is 0 Å². The number of imidazole rings is 1. The molecule has 0 aliphatic carbocycles. The van der Waals surface area contributed by atoms with Crippen LogP contribution in [0.1, 0.15) is 0 Å². The van der Waals surface area contributed by atoms with E-state index < -0.39 is 0 Å². The number of hydrogen-bond acceptors (Lipinski definition) is 2. The average Bonchev–Trinajstić information content (AvgIpc) is 3.33. The fourth-order valence-corrected chi connectivity index (χ4v) is 5.49. The van der Waals surface area contributed by atoms with Crippen LogP contribution in [0.5, 0.6) is 0 Å². The van der Waals surface area contributed by atoms with Gasteiger partial charge in [-0.1, -0.05) is 84.9 Å². The molecule has 162 valence electrons. The van der Waals surface area contributed by atoms with Crippen LogP contribution < -0.4 is 0 Å². The van der Waals surface area contributed by atoms with Gasteiger partial charge in [-0.15, -0.1) is 0 Å². The van der Waals surface area contributed by atoms with E-state index in [9.17, 15) is 0 Å². The van der Waals surface area contributed by atoms with Gasteiger partial charge in [0.05, 0.1) is 27.8 Å². The first-order chi connectivity index (χ1) is 17.3. The summed E-state index contributed by atoms with van der Waals surface area (Å²) in [7, 11) is 0. The highest BCUT2D eigenvalue weighted by Crippen LogP contribution is 2.35. The van der Waals surface area contributed by atoms with Gasteiger partial charge < -0.3 is 0 Å². The van der Waals surface area contributed by atoms with Gasteiger partial charge in [-0.25, -0.2) is 9.97 Å². The monoisotopic (exact) mass is 445 g/mol. The molecule has 8 aromatic rings. The highest BCUT2D eigenvalue weighted by molar-refractivity contribution is 6.14. The number of hydrogen-bond donors (Lipinski definition) is 0. The smallest absolute Gasteiger partial charge is 0.146 e. The fourth-order valence-electron chi connectivity index (χ4n) is 5.49. The molecule has 0 saturated carbocycles. The van der Waals surface area contributed by atoms with Gasteiger partial charge in [0.25, 0.3) is 0 Å². The van der Waals surface area contributed by atoms with Gasteiger partial charge >= 0.3 is 0 Å². The molecule has 0 atom stereocenters. The van der Waals surface area contributed by atoms with E-state index in [2.05, 4.69) is 114 Å². The zero-order valence-corrected chi connectivity index (χ0v) is 18.8. The zero-order valence-electron chi connectivity index (χ0n) is 18.8. The molecule has 0 N–H and O–H groups in total. The number of nitrogens with zero attached hydrogens (tertiary/aromatic N) is 3. The van der Waals surface area contributed by atoms with Crippen molar-refractivity contribution in [3.63, 3.8) is 0 Å². The average molecular weight is 446 g/mol. The maximum absolute atomic E-state index is 5.14. The van der Waals surface area contributed by atoms with Gasteiger partial charge in [-0.3, -0.25) is 4.40 Å². The lowest BCUT2D eigenvalue weighted by atomic mass is 10.0. The molecule has 8 rings (SSSR count). The summed E-state index contributed by atoms with van der Waals surface area (Å²) in [5.74, 6) is 0. The first-order valence-electron chi connectivity index (χ1n) is 11.9. The van der Waals surface area contributed by atoms with E-state index >= 15 is 0 Å². The number of aromatic nitrogens is 3. The normalized spacial score (nSPS) is 12.0. The lowest BCUT2D eigenvalue weighted by Gasteiger charge is -2.11. The summed E-state index contributed by atoms with van der Waals surface area (Å²) in [6, 6.07) is 40.7. The van der Waals surface area contributed by atoms with Crippen LogP contribution >= 0.6 is 0 Å². The Morgan fingerprint density at radius 3 is 2.17 bits per heavy atom. The number of benzene rings is 5. The Morgan fingerprint density at radius 1 is 0.486 bits per heavy atom. The largest absolute Gasteiger partial charge is 0.292 e. The van der Waals surface area contributed by atoms with Gasteiger partial charge in [-0.05, 0) is 41.1 Å². The molecule has 0 amide bonds. The Bertz CT molecular complexity index is 2120. The lowest BCUT2D eigenvalue weighted by molar-refractivity contribution is 1.31. The van der Waals surface area contributed by atoms with Crippen LogP contribution in [-0.4, -0.2) is 14.4 Å². The Kier molecular flexibility index (Phi) is 3.66. The van der Waals surface area contributed by atoms with Gasteiger partial charge in [0.2, 0.25) is 0 Å². The summed E-state index contributed by atoms with van der Waals surface area (Å²) < 4.78 is 2.29. The van der Waals surface area contributed by atoms with Crippen molar-refractivity contribution in [1.82, 2.24) is 14.4 Å². The topological polar surface area (TPSA) is 30.2 Å². The first-order valence-corrected chi connectivity index (χ1v) is 11.9. The molecular formula is C32H19N3. The van der Waals surface area contributed by atoms with Crippen molar-refractivity contribution in [2.45, 2.75) is 0 Å². The quantitative estimate of drug-likeness (QED) is 0.239. The molecule has 3 heteroatoms. The molecule has 0 fully saturated rings. The maximum atomic E-state index is 5.14. The van der Waals surface area contributed by atoms with Crippen molar-refractivity contribution in [1.29, 1.82) is 0 Å². The number of rotatable bonds is 1. The Balaban J connectivity index is 1.46. The SMILES string of the molecule is c1ccc2c(c1)ccc1ccc(-c3ccc4c(c3)c3ccccc3c3nc5ccccc5n43)nc12. The van der Waals surface area contributed by atoms with E-state index in [1.54, 1.807) is 0 Å². The van der Waals surface area contributed by atoms with Crippen LogP contribution in [0, 0.1) is 0 Å². The van der Waals surface area contributed by atoms with Crippen LogP contribution in [0.4, 0.5) is 0 Å². The van der Waals surface area contributed by atoms with Crippen LogP contribution in [0.15, 0.2) is 115 Å². The Labute approximate surface area is 200 Å². The summed E-state index contributed by atoms with van der Waals surface area (Å²) >= 11 is 0. The Morgan fingerprint density at radius 2 is 1.23 bits per heavy atom. The van der Waals surface area contributed by atoms with Crippen molar-refractivity contribution >= 4 is 60.0 Å². The molecule has 5 aromatic carbocycles. The van der Waals surface area contributed by atoms with Crippen molar-refractivity contribution in [2.24, 2.45) is 0 Å². The molecule has 0 unspecified atom stereocenters. The summed E-state index contributed by atoms with van der Waals surface area (Å²) in [4.78, 5) is 10.1. The molecule has 0 aliphatic heterocycles. The number of fused-ring (bicyclic) bond motifs is 11. The van der Waals surface area contributed by atoms with Gasteiger partial charge in [0, 0.05) is 27.1 Å². The third-order valence-electron chi connectivity index (χ3n) is 7.14. The summed E-state index contributed by atoms with van der Waals surface area (Å²) in [6.45, 7) is 0. The molecule has 0 saturated heterocycles. The Hall–Kier alpha value is -4.76. The predicted molar refractivity (Wildman–Crippen MR) is 146 cm³/mol. The highest BCUT2D eigenvalue weighted by atomic mass is 15.0. The molecule has 0 radical (unpaired) electrons. The van der Waals surface area contributed by atoms with Gasteiger partial charge in [-0.2, -0.15) is 0 Å². The van der Waals surface area contributed by atoms with Crippen molar-refractivity contribution < 1.29 is 0 Å². The minimum atomic E-state index is 0.982. The predicted octanol–water partition coefficient (Wildman–Crippen LogP) is 8.16. The van der Waals surface area contributed by atoms with Crippen LogP contribution in [0.3, 0.4) is 0 Å². The molecule has 0 aliphatic rings. The minimum absolute atomic E-state index is 0.982. The van der Waals surface area contributed by atoms with Crippen molar-refractivity contribution in [3.05, 3.63) is 115 Å². The third-order valence-corrected chi connectivity index (χ3v) is 7.14. The molecule has 35 heavy (non-hydrogen) atoms. The first kappa shape index (κ1) is 18.6. The van der Waals surface area contributed by atoms with E-state index in [1.165, 1.54) is 21.5 Å². The van der Waals surface area contributed by atoms with Crippen LogP contribution in [0.25, 0.3) is 71.3 Å². The van der Waals surface area contributed by atoms with E-state index in [0.717, 1.165) is 49.7 Å². The van der Waals surface area contributed by atoms with E-state index in [4.69, 9.17) is 9.97 Å². The maximum Gasteiger partial charge on any atom is 0.146 e. The fraction of sp³-hybridized carbons (Fsp3) is 0. The van der Waals surface area contributed by atoms with Crippen LogP contribution in [-0.2, 0) is 0 Å². The second-order valence-corrected chi connectivity index (χ2v) is 9.09. The zero-order chi connectivity index (χ0) is 22.9. The van der Waals surface area contributed by atoms with Gasteiger partial charge in [0.15, 0.2) is 0 Å². The molecule has 3 aromatic heterocycles. The molecule has 0 bridgehead atoms. The number of para-hydroxylation sites is 2. The highest BCUT2D eigenvalue weighted by Gasteiger charge is 2.14. The standard InChI is InChI=1S/C32H19N3/c1-2-8-23-20(7-1)13-14-21-15-17-27(33-31(21)23)22-16-18-29-26(19-22)24-9-3-4-10-25(24)32-34-28-11-5-6-12-30(28)35(29)32/h1-19H. The van der Waals surface area contributed by atoms with E-state index in [0.29, 0.717) is 0 Å². The van der Waals surface area contributed by atoms with Crippen molar-refractivity contribution in [2.75, 3.05) is 0 Å². The second kappa shape index (κ2) is 6.87. The van der Waals surface area contributed by atoms with Crippen molar-refractivity contribution in [3.8, 4) is 11.3 Å². The lowest BCUT2D eigenvalue weighted by Crippen LogP contribution is -1.93. The minimum Gasteiger partial charge on any atom is -0.292 e. The summed E-state index contributed by atoms with van der Waals surface area (Å²) in [5.41, 5.74) is 7.43. The van der Waals surface area contributed by atoms with E-state index in [1.807, 2.05) is 6.07 Å². The second-order valence-electron chi connectivity index (χ2n) is 9.09. The van der Waals surface area contributed by atoms with E-state index in [-0.39, 0.29) is 0 Å². The molecular weight excluding hydrogens is 426 g/mol.